The van der Waals surface area contributed by atoms with Crippen LogP contribution in [0.15, 0.2) is 18.2 Å². The average molecular weight is 308 g/mol. The lowest BCUT2D eigenvalue weighted by Crippen LogP contribution is -2.45. The molecule has 0 spiro atoms. The number of urea groups is 1. The maximum Gasteiger partial charge on any atom is 0.318 e. The fraction of sp³-hybridized carbons (Fsp3) is 0.562. The van der Waals surface area contributed by atoms with E-state index in [2.05, 4.69) is 5.32 Å². The van der Waals surface area contributed by atoms with Crippen molar-refractivity contribution >= 4 is 6.03 Å². The number of aliphatic hydroxyl groups is 1. The van der Waals surface area contributed by atoms with Crippen LogP contribution in [0.5, 0.6) is 5.75 Å². The van der Waals surface area contributed by atoms with Gasteiger partial charge in [0.2, 0.25) is 0 Å². The van der Waals surface area contributed by atoms with Crippen molar-refractivity contribution in [3.05, 3.63) is 29.6 Å². The molecule has 2 amide bonds. The minimum absolute atomic E-state index is 0.0109. The van der Waals surface area contributed by atoms with Crippen molar-refractivity contribution in [3.63, 3.8) is 0 Å². The van der Waals surface area contributed by atoms with E-state index in [0.717, 1.165) is 31.2 Å². The molecule has 2 atom stereocenters. The van der Waals surface area contributed by atoms with Crippen LogP contribution in [-0.2, 0) is 0 Å². The summed E-state index contributed by atoms with van der Waals surface area (Å²) < 4.78 is 18.9. The number of ether oxygens (including phenoxy) is 1. The molecule has 22 heavy (non-hydrogen) atoms. The molecule has 2 aliphatic rings. The molecule has 0 radical (unpaired) electrons. The molecular weight excluding hydrogens is 287 g/mol. The number of carbonyl (C=O) groups is 1. The van der Waals surface area contributed by atoms with Crippen LogP contribution in [0.2, 0.25) is 0 Å². The molecule has 0 aromatic heterocycles. The Hall–Kier alpha value is -1.82. The van der Waals surface area contributed by atoms with Gasteiger partial charge in [-0.1, -0.05) is 6.07 Å². The number of rotatable bonds is 2. The van der Waals surface area contributed by atoms with Gasteiger partial charge in [0.05, 0.1) is 25.3 Å². The lowest BCUT2D eigenvalue weighted by molar-refractivity contribution is 0.154. The van der Waals surface area contributed by atoms with Crippen molar-refractivity contribution in [2.45, 2.75) is 37.8 Å². The van der Waals surface area contributed by atoms with E-state index in [9.17, 15) is 14.3 Å². The summed E-state index contributed by atoms with van der Waals surface area (Å²) in [6.07, 6.45) is 3.29. The van der Waals surface area contributed by atoms with Crippen molar-refractivity contribution < 1.29 is 19.0 Å². The Morgan fingerprint density at radius 1 is 1.41 bits per heavy atom. The smallest absolute Gasteiger partial charge is 0.318 e. The molecule has 0 aliphatic carbocycles. The van der Waals surface area contributed by atoms with Gasteiger partial charge in [-0.2, -0.15) is 0 Å². The molecule has 3 rings (SSSR count). The molecule has 2 aliphatic heterocycles. The van der Waals surface area contributed by atoms with Crippen molar-refractivity contribution in [2.75, 3.05) is 19.8 Å². The normalized spacial score (nSPS) is 24.4. The number of hydrogen-bond acceptors (Lipinski definition) is 3. The number of carbonyl (C=O) groups excluding carboxylic acids is 1. The lowest BCUT2D eigenvalue weighted by atomic mass is 10.0. The number of nitrogens with one attached hydrogen (secondary N) is 1. The maximum atomic E-state index is 13.4. The molecular formula is C16H21FN2O3. The van der Waals surface area contributed by atoms with E-state index >= 15 is 0 Å². The zero-order chi connectivity index (χ0) is 15.5. The second-order valence-electron chi connectivity index (χ2n) is 5.85. The SMILES string of the molecule is O=C(NC1CCCOc2cc(F)ccc21)N1CCC[C@H]1CO. The summed E-state index contributed by atoms with van der Waals surface area (Å²) in [5.41, 5.74) is 0.812. The molecule has 0 bridgehead atoms. The molecule has 6 heteroatoms. The van der Waals surface area contributed by atoms with Crippen LogP contribution < -0.4 is 10.1 Å². The number of amides is 2. The highest BCUT2D eigenvalue weighted by Crippen LogP contribution is 2.32. The van der Waals surface area contributed by atoms with Gasteiger partial charge in [0.1, 0.15) is 11.6 Å². The van der Waals surface area contributed by atoms with Gasteiger partial charge in [0.15, 0.2) is 0 Å². The van der Waals surface area contributed by atoms with E-state index in [1.807, 2.05) is 0 Å². The molecule has 1 fully saturated rings. The molecule has 1 saturated heterocycles. The first-order valence-electron chi connectivity index (χ1n) is 7.79. The Labute approximate surface area is 129 Å². The molecule has 5 nitrogen and oxygen atoms in total. The van der Waals surface area contributed by atoms with Crippen LogP contribution in [0.4, 0.5) is 9.18 Å². The number of benzene rings is 1. The van der Waals surface area contributed by atoms with Crippen LogP contribution in [0, 0.1) is 5.82 Å². The highest BCUT2D eigenvalue weighted by Gasteiger charge is 2.30. The lowest BCUT2D eigenvalue weighted by Gasteiger charge is -2.27. The van der Waals surface area contributed by atoms with Crippen LogP contribution in [0.3, 0.4) is 0 Å². The third kappa shape index (κ3) is 3.02. The Bertz CT molecular complexity index is 552. The molecule has 0 saturated carbocycles. The standard InChI is InChI=1S/C16H21FN2O3/c17-11-5-6-13-14(4-2-8-22-15(13)9-11)18-16(21)19-7-1-3-12(19)10-20/h5-6,9,12,14,20H,1-4,7-8,10H2,(H,18,21)/t12-,14?/m0/s1. The van der Waals surface area contributed by atoms with Crippen LogP contribution >= 0.6 is 0 Å². The summed E-state index contributed by atoms with van der Waals surface area (Å²) in [6, 6.07) is 3.97. The molecule has 2 heterocycles. The number of hydrogen-bond donors (Lipinski definition) is 2. The molecule has 1 unspecified atom stereocenters. The first kappa shape index (κ1) is 15.1. The number of fused-ring (bicyclic) bond motifs is 1. The van der Waals surface area contributed by atoms with Gasteiger partial charge >= 0.3 is 6.03 Å². The first-order chi connectivity index (χ1) is 10.7. The summed E-state index contributed by atoms with van der Waals surface area (Å²) in [4.78, 5) is 14.2. The number of nitrogens with zero attached hydrogens (tertiary/aromatic N) is 1. The predicted octanol–water partition coefficient (Wildman–Crippen LogP) is 2.21. The average Bonchev–Trinajstić information content (AvgIpc) is 2.91. The predicted molar refractivity (Wildman–Crippen MR) is 79.2 cm³/mol. The topological polar surface area (TPSA) is 61.8 Å². The molecule has 1 aromatic rings. The van der Waals surface area contributed by atoms with Crippen LogP contribution in [0.25, 0.3) is 0 Å². The van der Waals surface area contributed by atoms with E-state index in [-0.39, 0.29) is 30.5 Å². The highest BCUT2D eigenvalue weighted by molar-refractivity contribution is 5.75. The summed E-state index contributed by atoms with van der Waals surface area (Å²) in [6.45, 7) is 1.17. The van der Waals surface area contributed by atoms with Crippen molar-refractivity contribution in [3.8, 4) is 5.75 Å². The van der Waals surface area contributed by atoms with Crippen molar-refractivity contribution in [1.29, 1.82) is 0 Å². The Morgan fingerprint density at radius 3 is 3.09 bits per heavy atom. The maximum absolute atomic E-state index is 13.4. The molecule has 120 valence electrons. The van der Waals surface area contributed by atoms with Crippen molar-refractivity contribution in [2.24, 2.45) is 0 Å². The number of likely N-dealkylation sites (tertiary alicyclic amines) is 1. The fourth-order valence-corrected chi connectivity index (χ4v) is 3.22. The van der Waals surface area contributed by atoms with E-state index < -0.39 is 0 Å². The zero-order valence-electron chi connectivity index (χ0n) is 12.4. The Kier molecular flexibility index (Phi) is 4.47. The monoisotopic (exact) mass is 308 g/mol. The van der Waals surface area contributed by atoms with E-state index in [0.29, 0.717) is 18.9 Å². The molecule has 2 N–H and O–H groups in total. The summed E-state index contributed by atoms with van der Waals surface area (Å²) in [5.74, 6) is 0.161. The number of halogens is 1. The second-order valence-corrected chi connectivity index (χ2v) is 5.85. The largest absolute Gasteiger partial charge is 0.493 e. The fourth-order valence-electron chi connectivity index (χ4n) is 3.22. The summed E-state index contributed by atoms with van der Waals surface area (Å²) in [5, 5.41) is 12.4. The van der Waals surface area contributed by atoms with E-state index in [4.69, 9.17) is 4.74 Å². The van der Waals surface area contributed by atoms with Crippen LogP contribution in [-0.4, -0.2) is 41.8 Å². The first-order valence-corrected chi connectivity index (χ1v) is 7.79. The van der Waals surface area contributed by atoms with E-state index in [1.165, 1.54) is 12.1 Å². The van der Waals surface area contributed by atoms with Crippen LogP contribution in [0.1, 0.15) is 37.3 Å². The second kappa shape index (κ2) is 6.52. The minimum Gasteiger partial charge on any atom is -0.493 e. The van der Waals surface area contributed by atoms with Gasteiger partial charge in [-0.3, -0.25) is 0 Å². The summed E-state index contributed by atoms with van der Waals surface area (Å²) >= 11 is 0. The Morgan fingerprint density at radius 2 is 2.27 bits per heavy atom. The zero-order valence-corrected chi connectivity index (χ0v) is 12.4. The third-order valence-corrected chi connectivity index (χ3v) is 4.39. The highest BCUT2D eigenvalue weighted by atomic mass is 19.1. The van der Waals surface area contributed by atoms with Gasteiger partial charge in [-0.25, -0.2) is 9.18 Å². The van der Waals surface area contributed by atoms with Gasteiger partial charge in [0, 0.05) is 18.2 Å². The summed E-state index contributed by atoms with van der Waals surface area (Å²) in [7, 11) is 0. The van der Waals surface area contributed by atoms with Gasteiger partial charge in [-0.05, 0) is 31.7 Å². The van der Waals surface area contributed by atoms with Gasteiger partial charge < -0.3 is 20.1 Å². The minimum atomic E-state index is -0.342. The van der Waals surface area contributed by atoms with E-state index in [1.54, 1.807) is 11.0 Å². The van der Waals surface area contributed by atoms with Gasteiger partial charge in [-0.15, -0.1) is 0 Å². The Balaban J connectivity index is 1.76. The quantitative estimate of drug-likeness (QED) is 0.880. The third-order valence-electron chi connectivity index (χ3n) is 4.39. The number of aliphatic hydroxyl groups excluding tert-OH is 1. The van der Waals surface area contributed by atoms with Gasteiger partial charge in [0.25, 0.3) is 0 Å². The van der Waals surface area contributed by atoms with Crippen molar-refractivity contribution in [1.82, 2.24) is 10.2 Å². The molecule has 1 aromatic carbocycles.